The molecule has 0 saturated heterocycles. The van der Waals surface area contributed by atoms with E-state index >= 15 is 0 Å². The largest absolute Gasteiger partial charge is 0.243 e. The van der Waals surface area contributed by atoms with E-state index in [-0.39, 0.29) is 5.75 Å². The Morgan fingerprint density at radius 3 is 2.67 bits per heavy atom. The topological polar surface area (TPSA) is 47.0 Å². The molecule has 1 saturated carbocycles. The van der Waals surface area contributed by atoms with E-state index < -0.39 is 14.6 Å². The second kappa shape index (κ2) is 3.71. The van der Waals surface area contributed by atoms with Crippen molar-refractivity contribution < 1.29 is 8.42 Å². The predicted molar refractivity (Wildman–Crippen MR) is 62.0 cm³/mol. The second-order valence-electron chi connectivity index (χ2n) is 3.68. The van der Waals surface area contributed by atoms with E-state index in [1.165, 1.54) is 11.3 Å². The molecule has 3 nitrogen and oxygen atoms in total. The highest BCUT2D eigenvalue weighted by molar-refractivity contribution is 7.92. The summed E-state index contributed by atoms with van der Waals surface area (Å²) >= 11 is 7.06. The van der Waals surface area contributed by atoms with Crippen molar-refractivity contribution in [3.05, 3.63) is 16.1 Å². The average molecular weight is 266 g/mol. The SMILES string of the molecule is CCS(=O)(=O)C1(c2nc(CCl)cs2)CC1. The van der Waals surface area contributed by atoms with Crippen LogP contribution in [-0.2, 0) is 20.5 Å². The summed E-state index contributed by atoms with van der Waals surface area (Å²) in [5, 5.41) is 2.56. The summed E-state index contributed by atoms with van der Waals surface area (Å²) in [6.45, 7) is 1.69. The Labute approximate surface area is 98.4 Å². The minimum Gasteiger partial charge on any atom is -0.243 e. The lowest BCUT2D eigenvalue weighted by molar-refractivity contribution is 0.581. The first kappa shape index (κ1) is 11.4. The highest BCUT2D eigenvalue weighted by Crippen LogP contribution is 2.53. The van der Waals surface area contributed by atoms with Crippen LogP contribution in [0.3, 0.4) is 0 Å². The third-order valence-electron chi connectivity index (χ3n) is 2.76. The number of alkyl halides is 1. The van der Waals surface area contributed by atoms with Crippen molar-refractivity contribution in [1.29, 1.82) is 0 Å². The maximum Gasteiger partial charge on any atom is 0.162 e. The minimum absolute atomic E-state index is 0.183. The zero-order valence-corrected chi connectivity index (χ0v) is 10.8. The Morgan fingerprint density at radius 1 is 1.60 bits per heavy atom. The molecular weight excluding hydrogens is 254 g/mol. The molecule has 1 aromatic heterocycles. The van der Waals surface area contributed by atoms with Crippen LogP contribution in [0.25, 0.3) is 0 Å². The van der Waals surface area contributed by atoms with E-state index in [4.69, 9.17) is 11.6 Å². The summed E-state index contributed by atoms with van der Waals surface area (Å²) in [4.78, 5) is 4.28. The lowest BCUT2D eigenvalue weighted by Crippen LogP contribution is -2.22. The monoisotopic (exact) mass is 265 g/mol. The van der Waals surface area contributed by atoms with Gasteiger partial charge in [0, 0.05) is 11.1 Å². The fraction of sp³-hybridized carbons (Fsp3) is 0.667. The van der Waals surface area contributed by atoms with Crippen LogP contribution in [0.15, 0.2) is 5.38 Å². The van der Waals surface area contributed by atoms with Gasteiger partial charge in [-0.05, 0) is 12.8 Å². The van der Waals surface area contributed by atoms with Gasteiger partial charge in [-0.3, -0.25) is 0 Å². The summed E-state index contributed by atoms with van der Waals surface area (Å²) in [7, 11) is -3.03. The van der Waals surface area contributed by atoms with Gasteiger partial charge in [-0.1, -0.05) is 6.92 Å². The number of halogens is 1. The van der Waals surface area contributed by atoms with Crippen molar-refractivity contribution in [3.8, 4) is 0 Å². The molecule has 0 spiro atoms. The Morgan fingerprint density at radius 2 is 2.27 bits per heavy atom. The van der Waals surface area contributed by atoms with Gasteiger partial charge in [-0.25, -0.2) is 13.4 Å². The summed E-state index contributed by atoms with van der Waals surface area (Å²) < 4.78 is 23.2. The number of nitrogens with zero attached hydrogens (tertiary/aromatic N) is 1. The van der Waals surface area contributed by atoms with Crippen LogP contribution in [0.2, 0.25) is 0 Å². The molecule has 84 valence electrons. The smallest absolute Gasteiger partial charge is 0.162 e. The first-order valence-corrected chi connectivity index (χ1v) is 7.85. The van der Waals surface area contributed by atoms with E-state index in [0.29, 0.717) is 18.7 Å². The Bertz CT molecular complexity index is 462. The number of hydrogen-bond acceptors (Lipinski definition) is 4. The molecule has 0 bridgehead atoms. The highest BCUT2D eigenvalue weighted by Gasteiger charge is 2.56. The Hall–Kier alpha value is -0.130. The molecule has 0 aliphatic heterocycles. The van der Waals surface area contributed by atoms with Crippen molar-refractivity contribution in [1.82, 2.24) is 4.98 Å². The third-order valence-corrected chi connectivity index (χ3v) is 6.81. The first-order chi connectivity index (χ1) is 7.05. The Balaban J connectivity index is 2.39. The Kier molecular flexibility index (Phi) is 2.81. The molecule has 6 heteroatoms. The zero-order chi connectivity index (χ0) is 11.1. The molecule has 0 radical (unpaired) electrons. The lowest BCUT2D eigenvalue weighted by atomic mass is 10.4. The normalized spacial score (nSPS) is 19.1. The number of aromatic nitrogens is 1. The van der Waals surface area contributed by atoms with Gasteiger partial charge in [0.15, 0.2) is 9.84 Å². The number of thiazole rings is 1. The van der Waals surface area contributed by atoms with Crippen molar-refractivity contribution in [2.75, 3.05) is 5.75 Å². The predicted octanol–water partition coefficient (Wildman–Crippen LogP) is 2.31. The van der Waals surface area contributed by atoms with E-state index in [9.17, 15) is 8.42 Å². The van der Waals surface area contributed by atoms with Crippen LogP contribution < -0.4 is 0 Å². The lowest BCUT2D eigenvalue weighted by Gasteiger charge is -2.11. The van der Waals surface area contributed by atoms with Crippen LogP contribution in [-0.4, -0.2) is 19.2 Å². The van der Waals surface area contributed by atoms with Gasteiger partial charge >= 0.3 is 0 Å². The highest BCUT2D eigenvalue weighted by atomic mass is 35.5. The molecule has 0 amide bonds. The van der Waals surface area contributed by atoms with E-state index in [2.05, 4.69) is 4.98 Å². The fourth-order valence-corrected chi connectivity index (χ4v) is 4.94. The summed E-state index contributed by atoms with van der Waals surface area (Å²) in [6, 6.07) is 0. The molecule has 0 N–H and O–H groups in total. The molecule has 1 aliphatic carbocycles. The average Bonchev–Trinajstić information content (AvgIpc) is 2.92. The van der Waals surface area contributed by atoms with E-state index in [1.54, 1.807) is 6.92 Å². The summed E-state index contributed by atoms with van der Waals surface area (Å²) in [5.41, 5.74) is 0.772. The molecule has 0 unspecified atom stereocenters. The molecule has 1 aromatic rings. The van der Waals surface area contributed by atoms with Gasteiger partial charge in [-0.2, -0.15) is 0 Å². The van der Waals surface area contributed by atoms with Crippen LogP contribution in [0.1, 0.15) is 30.5 Å². The molecule has 0 aromatic carbocycles. The van der Waals surface area contributed by atoms with E-state index in [0.717, 1.165) is 10.7 Å². The summed E-state index contributed by atoms with van der Waals surface area (Å²) in [6.07, 6.45) is 1.41. The molecule has 15 heavy (non-hydrogen) atoms. The number of sulfone groups is 1. The molecule has 1 heterocycles. The van der Waals surface area contributed by atoms with E-state index in [1.807, 2.05) is 5.38 Å². The zero-order valence-electron chi connectivity index (χ0n) is 8.36. The van der Waals surface area contributed by atoms with Gasteiger partial charge in [-0.15, -0.1) is 22.9 Å². The third kappa shape index (κ3) is 1.70. The van der Waals surface area contributed by atoms with Crippen LogP contribution in [0.5, 0.6) is 0 Å². The molecular formula is C9H12ClNO2S2. The fourth-order valence-electron chi connectivity index (χ4n) is 1.63. The quantitative estimate of drug-likeness (QED) is 0.785. The van der Waals surface area contributed by atoms with Crippen LogP contribution >= 0.6 is 22.9 Å². The molecule has 1 fully saturated rings. The molecule has 0 atom stereocenters. The van der Waals surface area contributed by atoms with Crippen molar-refractivity contribution in [2.24, 2.45) is 0 Å². The van der Waals surface area contributed by atoms with Crippen molar-refractivity contribution in [3.63, 3.8) is 0 Å². The minimum atomic E-state index is -3.03. The molecule has 2 rings (SSSR count). The van der Waals surface area contributed by atoms with Gasteiger partial charge in [0.05, 0.1) is 11.6 Å². The number of hydrogen-bond donors (Lipinski definition) is 0. The van der Waals surface area contributed by atoms with Gasteiger partial charge in [0.2, 0.25) is 0 Å². The van der Waals surface area contributed by atoms with Gasteiger partial charge < -0.3 is 0 Å². The second-order valence-corrected chi connectivity index (χ2v) is 7.39. The molecule has 1 aliphatic rings. The summed E-state index contributed by atoms with van der Waals surface area (Å²) in [5.74, 6) is 0.529. The first-order valence-electron chi connectivity index (χ1n) is 4.79. The maximum atomic E-state index is 11.9. The van der Waals surface area contributed by atoms with Crippen molar-refractivity contribution >= 4 is 32.8 Å². The van der Waals surface area contributed by atoms with Crippen LogP contribution in [0.4, 0.5) is 0 Å². The van der Waals surface area contributed by atoms with Crippen molar-refractivity contribution in [2.45, 2.75) is 30.4 Å². The van der Waals surface area contributed by atoms with Gasteiger partial charge in [0.25, 0.3) is 0 Å². The van der Waals surface area contributed by atoms with Crippen LogP contribution in [0, 0.1) is 0 Å². The standard InChI is InChI=1S/C9H12ClNO2S2/c1-2-15(12,13)9(3-4-9)8-11-7(5-10)6-14-8/h6H,2-5H2,1H3. The van der Waals surface area contributed by atoms with Gasteiger partial charge in [0.1, 0.15) is 9.75 Å². The number of rotatable bonds is 4. The maximum absolute atomic E-state index is 11.9.